The molecule has 0 fully saturated rings. The molecule has 1 aliphatic heterocycles. The number of thioether (sulfide) groups is 1. The standard InChI is InChI=1S/C7H11NO3S/c1-4-3-12-7(2,5(4)8)11-6(9)10/h3,5H,8H2,1-2H3,(H,9,10)/t5-,7-/m1/s1. The average Bonchev–Trinajstić information content (AvgIpc) is 2.16. The van der Waals surface area contributed by atoms with Crippen LogP contribution in [0.3, 0.4) is 0 Å². The number of rotatable bonds is 1. The summed E-state index contributed by atoms with van der Waals surface area (Å²) in [5.74, 6) is 0. The summed E-state index contributed by atoms with van der Waals surface area (Å²) in [5, 5.41) is 10.3. The van der Waals surface area contributed by atoms with E-state index in [1.165, 1.54) is 11.8 Å². The van der Waals surface area contributed by atoms with E-state index in [2.05, 4.69) is 4.74 Å². The van der Waals surface area contributed by atoms with E-state index < -0.39 is 11.1 Å². The van der Waals surface area contributed by atoms with Crippen molar-refractivity contribution in [2.24, 2.45) is 5.73 Å². The van der Waals surface area contributed by atoms with Crippen molar-refractivity contribution in [3.8, 4) is 0 Å². The molecule has 0 saturated heterocycles. The smallest absolute Gasteiger partial charge is 0.450 e. The molecule has 0 bridgehead atoms. The van der Waals surface area contributed by atoms with E-state index in [0.717, 1.165) is 5.57 Å². The molecule has 1 heterocycles. The van der Waals surface area contributed by atoms with Gasteiger partial charge in [-0.05, 0) is 24.8 Å². The van der Waals surface area contributed by atoms with Crippen molar-refractivity contribution in [3.63, 3.8) is 0 Å². The molecule has 0 aromatic heterocycles. The van der Waals surface area contributed by atoms with Crippen LogP contribution in [-0.2, 0) is 4.74 Å². The van der Waals surface area contributed by atoms with Gasteiger partial charge in [-0.2, -0.15) is 0 Å². The Balaban J connectivity index is 2.70. The van der Waals surface area contributed by atoms with Crippen LogP contribution in [0.25, 0.3) is 0 Å². The molecule has 2 atom stereocenters. The number of carbonyl (C=O) groups is 1. The molecule has 0 aromatic rings. The van der Waals surface area contributed by atoms with Crippen LogP contribution in [0.15, 0.2) is 11.0 Å². The summed E-state index contributed by atoms with van der Waals surface area (Å²) in [6.45, 7) is 3.53. The van der Waals surface area contributed by atoms with Crippen LogP contribution in [0.5, 0.6) is 0 Å². The normalized spacial score (nSPS) is 34.6. The summed E-state index contributed by atoms with van der Waals surface area (Å²) in [5.41, 5.74) is 6.68. The summed E-state index contributed by atoms with van der Waals surface area (Å²) in [6.07, 6.45) is -1.29. The van der Waals surface area contributed by atoms with Gasteiger partial charge in [-0.1, -0.05) is 11.8 Å². The highest BCUT2D eigenvalue weighted by molar-refractivity contribution is 8.03. The van der Waals surface area contributed by atoms with Gasteiger partial charge in [0.2, 0.25) is 0 Å². The van der Waals surface area contributed by atoms with Crippen LogP contribution >= 0.6 is 11.8 Å². The van der Waals surface area contributed by atoms with E-state index in [4.69, 9.17) is 10.8 Å². The number of ether oxygens (including phenoxy) is 1. The fourth-order valence-corrected chi connectivity index (χ4v) is 2.05. The molecule has 0 saturated carbocycles. The van der Waals surface area contributed by atoms with Crippen LogP contribution in [0.4, 0.5) is 4.79 Å². The SMILES string of the molecule is CC1=CS[C@@](C)(OC(=O)O)[C@@H]1N. The first-order chi connectivity index (χ1) is 5.46. The van der Waals surface area contributed by atoms with Crippen molar-refractivity contribution < 1.29 is 14.6 Å². The van der Waals surface area contributed by atoms with E-state index in [-0.39, 0.29) is 6.04 Å². The Morgan fingerprint density at radius 2 is 2.50 bits per heavy atom. The zero-order chi connectivity index (χ0) is 9.35. The van der Waals surface area contributed by atoms with Crippen LogP contribution in [0.2, 0.25) is 0 Å². The highest BCUT2D eigenvalue weighted by Gasteiger charge is 2.41. The monoisotopic (exact) mass is 189 g/mol. The van der Waals surface area contributed by atoms with Gasteiger partial charge in [0.15, 0.2) is 4.93 Å². The first-order valence-electron chi connectivity index (χ1n) is 3.48. The van der Waals surface area contributed by atoms with Gasteiger partial charge < -0.3 is 15.6 Å². The van der Waals surface area contributed by atoms with Gasteiger partial charge in [-0.15, -0.1) is 0 Å². The minimum absolute atomic E-state index is 0.349. The van der Waals surface area contributed by atoms with Gasteiger partial charge in [-0.3, -0.25) is 0 Å². The van der Waals surface area contributed by atoms with Crippen LogP contribution < -0.4 is 5.73 Å². The molecule has 3 N–H and O–H groups in total. The second-order valence-corrected chi connectivity index (χ2v) is 4.12. The lowest BCUT2D eigenvalue weighted by Gasteiger charge is -2.27. The average molecular weight is 189 g/mol. The maximum Gasteiger partial charge on any atom is 0.507 e. The van der Waals surface area contributed by atoms with Crippen molar-refractivity contribution in [1.29, 1.82) is 0 Å². The highest BCUT2D eigenvalue weighted by atomic mass is 32.2. The molecule has 0 aromatic carbocycles. The molecular weight excluding hydrogens is 178 g/mol. The number of hydrogen-bond donors (Lipinski definition) is 2. The van der Waals surface area contributed by atoms with Gasteiger partial charge in [0.1, 0.15) is 0 Å². The number of carboxylic acid groups (broad SMARTS) is 1. The molecule has 68 valence electrons. The summed E-state index contributed by atoms with van der Waals surface area (Å²) in [6, 6.07) is -0.349. The molecule has 12 heavy (non-hydrogen) atoms. The lowest BCUT2D eigenvalue weighted by atomic mass is 10.1. The van der Waals surface area contributed by atoms with E-state index in [0.29, 0.717) is 0 Å². The van der Waals surface area contributed by atoms with Crippen molar-refractivity contribution in [2.75, 3.05) is 0 Å². The zero-order valence-electron chi connectivity index (χ0n) is 6.90. The fourth-order valence-electron chi connectivity index (χ4n) is 1.03. The molecule has 1 rings (SSSR count). The van der Waals surface area contributed by atoms with E-state index >= 15 is 0 Å². The van der Waals surface area contributed by atoms with Crippen molar-refractivity contribution in [1.82, 2.24) is 0 Å². The fraction of sp³-hybridized carbons (Fsp3) is 0.571. The van der Waals surface area contributed by atoms with E-state index in [1.54, 1.807) is 6.92 Å². The third-order valence-corrected chi connectivity index (χ3v) is 3.12. The first kappa shape index (κ1) is 9.41. The molecular formula is C7H11NO3S. The molecule has 0 aliphatic carbocycles. The molecule has 0 amide bonds. The zero-order valence-corrected chi connectivity index (χ0v) is 7.72. The second-order valence-electron chi connectivity index (χ2n) is 2.84. The van der Waals surface area contributed by atoms with Gasteiger partial charge in [0.25, 0.3) is 0 Å². The molecule has 1 aliphatic rings. The Morgan fingerprint density at radius 1 is 1.92 bits per heavy atom. The molecule has 5 heteroatoms. The van der Waals surface area contributed by atoms with Gasteiger partial charge in [0, 0.05) is 0 Å². The van der Waals surface area contributed by atoms with Crippen LogP contribution in [0.1, 0.15) is 13.8 Å². The number of hydrogen-bond acceptors (Lipinski definition) is 4. The van der Waals surface area contributed by atoms with Crippen LogP contribution in [0, 0.1) is 0 Å². The molecule has 0 spiro atoms. The third kappa shape index (κ3) is 1.56. The van der Waals surface area contributed by atoms with Crippen molar-refractivity contribution in [3.05, 3.63) is 11.0 Å². The largest absolute Gasteiger partial charge is 0.507 e. The van der Waals surface area contributed by atoms with Crippen molar-refractivity contribution in [2.45, 2.75) is 24.8 Å². The Labute approximate surface area is 74.8 Å². The predicted molar refractivity (Wildman–Crippen MR) is 46.8 cm³/mol. The Hall–Kier alpha value is -0.680. The van der Waals surface area contributed by atoms with E-state index in [1.807, 2.05) is 12.3 Å². The third-order valence-electron chi connectivity index (χ3n) is 1.82. The lowest BCUT2D eigenvalue weighted by molar-refractivity contribution is 0.0378. The maximum absolute atomic E-state index is 10.3. The van der Waals surface area contributed by atoms with Crippen molar-refractivity contribution >= 4 is 17.9 Å². The predicted octanol–water partition coefficient (Wildman–Crippen LogP) is 1.38. The minimum Gasteiger partial charge on any atom is -0.450 e. The first-order valence-corrected chi connectivity index (χ1v) is 4.35. The van der Waals surface area contributed by atoms with Crippen LogP contribution in [-0.4, -0.2) is 22.2 Å². The van der Waals surface area contributed by atoms with E-state index in [9.17, 15) is 4.79 Å². The van der Waals surface area contributed by atoms with Gasteiger partial charge in [-0.25, -0.2) is 4.79 Å². The summed E-state index contributed by atoms with van der Waals surface area (Å²) >= 11 is 1.30. The Bertz CT molecular complexity index is 241. The maximum atomic E-state index is 10.3. The highest BCUT2D eigenvalue weighted by Crippen LogP contribution is 2.40. The second kappa shape index (κ2) is 2.99. The quantitative estimate of drug-likeness (QED) is 0.609. The summed E-state index contributed by atoms with van der Waals surface area (Å²) in [4.78, 5) is 9.45. The molecule has 0 unspecified atom stereocenters. The number of nitrogens with two attached hydrogens (primary N) is 1. The van der Waals surface area contributed by atoms with Gasteiger partial charge >= 0.3 is 6.16 Å². The topological polar surface area (TPSA) is 72.5 Å². The molecule has 4 nitrogen and oxygen atoms in total. The Kier molecular flexibility index (Phi) is 2.34. The molecule has 0 radical (unpaired) electrons. The summed E-state index contributed by atoms with van der Waals surface area (Å²) in [7, 11) is 0. The Morgan fingerprint density at radius 3 is 2.83 bits per heavy atom. The summed E-state index contributed by atoms with van der Waals surface area (Å²) < 4.78 is 4.68. The minimum atomic E-state index is -1.29. The lowest BCUT2D eigenvalue weighted by Crippen LogP contribution is -2.43. The van der Waals surface area contributed by atoms with Gasteiger partial charge in [0.05, 0.1) is 6.04 Å².